The van der Waals surface area contributed by atoms with E-state index < -0.39 is 0 Å². The van der Waals surface area contributed by atoms with E-state index in [-0.39, 0.29) is 0 Å². The van der Waals surface area contributed by atoms with Gasteiger partial charge in [-0.25, -0.2) is 4.98 Å². The Morgan fingerprint density at radius 2 is 0.786 bits per heavy atom. The van der Waals surface area contributed by atoms with Crippen molar-refractivity contribution in [2.75, 3.05) is 0 Å². The number of aromatic nitrogens is 3. The fourth-order valence-electron chi connectivity index (χ4n) is 8.49. The summed E-state index contributed by atoms with van der Waals surface area (Å²) in [6, 6.07) is 58.7. The highest BCUT2D eigenvalue weighted by molar-refractivity contribution is 6.12. The van der Waals surface area contributed by atoms with Crippen LogP contribution in [0.1, 0.15) is 27.8 Å². The van der Waals surface area contributed by atoms with Gasteiger partial charge in [-0.2, -0.15) is 5.26 Å². The van der Waals surface area contributed by atoms with Gasteiger partial charge in [-0.05, 0) is 106 Å². The van der Waals surface area contributed by atoms with E-state index in [0.29, 0.717) is 5.56 Å². The van der Waals surface area contributed by atoms with Gasteiger partial charge in [0.15, 0.2) is 0 Å². The Morgan fingerprint density at radius 3 is 1.16 bits per heavy atom. The van der Waals surface area contributed by atoms with Gasteiger partial charge in [-0.1, -0.05) is 107 Å². The molecule has 266 valence electrons. The maximum absolute atomic E-state index is 11.1. The Bertz CT molecular complexity index is 3050. The van der Waals surface area contributed by atoms with E-state index in [9.17, 15) is 5.26 Å². The summed E-state index contributed by atoms with van der Waals surface area (Å²) in [6.45, 7) is 8.61. The molecule has 7 aromatic carbocycles. The summed E-state index contributed by atoms with van der Waals surface area (Å²) in [4.78, 5) is 5.17. The molecule has 0 radical (unpaired) electrons. The molecule has 0 atom stereocenters. The minimum atomic E-state index is 0.592. The maximum Gasteiger partial charge on any atom is 0.0998 e. The Kier molecular flexibility index (Phi) is 7.73. The predicted octanol–water partition coefficient (Wildman–Crippen LogP) is 13.4. The van der Waals surface area contributed by atoms with E-state index >= 15 is 0 Å². The number of hydrogen-bond acceptors (Lipinski definition) is 2. The molecule has 0 spiro atoms. The minimum absolute atomic E-state index is 0.592. The first-order chi connectivity index (χ1) is 27.3. The Hall–Kier alpha value is -7.22. The van der Waals surface area contributed by atoms with Crippen molar-refractivity contribution < 1.29 is 0 Å². The molecule has 10 rings (SSSR count). The number of pyridine rings is 1. The quantitative estimate of drug-likeness (QED) is 0.178. The van der Waals surface area contributed by atoms with Gasteiger partial charge in [-0.3, -0.25) is 0 Å². The van der Waals surface area contributed by atoms with E-state index in [2.05, 4.69) is 164 Å². The average molecular weight is 719 g/mol. The number of fused-ring (bicyclic) bond motifs is 6. The number of nitriles is 1. The van der Waals surface area contributed by atoms with Gasteiger partial charge in [0.25, 0.3) is 0 Å². The molecule has 4 nitrogen and oxygen atoms in total. The van der Waals surface area contributed by atoms with E-state index in [1.165, 1.54) is 43.8 Å². The number of hydrogen-bond donors (Lipinski definition) is 0. The van der Waals surface area contributed by atoms with Crippen LogP contribution in [-0.2, 0) is 0 Å². The summed E-state index contributed by atoms with van der Waals surface area (Å²) in [5.74, 6) is 0. The Morgan fingerprint density at radius 1 is 0.411 bits per heavy atom. The summed E-state index contributed by atoms with van der Waals surface area (Å²) in [5, 5.41) is 15.9. The highest BCUT2D eigenvalue weighted by Gasteiger charge is 2.23. The van der Waals surface area contributed by atoms with Gasteiger partial charge in [0.2, 0.25) is 0 Å². The van der Waals surface area contributed by atoms with Crippen molar-refractivity contribution in [2.24, 2.45) is 0 Å². The van der Waals surface area contributed by atoms with Crippen LogP contribution in [0.4, 0.5) is 0 Å². The molecule has 0 unspecified atom stereocenters. The van der Waals surface area contributed by atoms with Crippen LogP contribution in [0.2, 0.25) is 0 Å². The molecule has 3 heterocycles. The third kappa shape index (κ3) is 5.40. The molecule has 0 fully saturated rings. The zero-order valence-electron chi connectivity index (χ0n) is 31.8. The second-order valence-electron chi connectivity index (χ2n) is 15.1. The minimum Gasteiger partial charge on any atom is -0.307 e. The molecule has 56 heavy (non-hydrogen) atoms. The lowest BCUT2D eigenvalue weighted by Gasteiger charge is -2.20. The molecular formula is C52H38N4. The average Bonchev–Trinajstić information content (AvgIpc) is 3.71. The fraction of sp³-hybridized carbons (Fsp3) is 0.0769. The highest BCUT2D eigenvalue weighted by Crippen LogP contribution is 2.42. The van der Waals surface area contributed by atoms with Crippen LogP contribution in [0, 0.1) is 39.0 Å². The van der Waals surface area contributed by atoms with E-state index in [0.717, 1.165) is 67.1 Å². The van der Waals surface area contributed by atoms with Crippen LogP contribution in [-0.4, -0.2) is 14.1 Å². The molecule has 0 aliphatic rings. The SMILES string of the molecule is Cc1ccc2c(c1)c1cc(C)ccc1n2-c1cc(C#N)c(-c2cc(-c3ccccc3)nc(-c3ccccc3)c2)cc1-n1c2ccc(C)cc2c2cc(C)ccc21. The third-order valence-electron chi connectivity index (χ3n) is 11.1. The third-order valence-corrected chi connectivity index (χ3v) is 11.1. The number of aryl methyl sites for hydroxylation is 4. The van der Waals surface area contributed by atoms with Crippen LogP contribution < -0.4 is 0 Å². The molecule has 0 saturated carbocycles. The maximum atomic E-state index is 11.1. The van der Waals surface area contributed by atoms with E-state index in [1.807, 2.05) is 36.4 Å². The first-order valence-electron chi connectivity index (χ1n) is 19.1. The summed E-state index contributed by atoms with van der Waals surface area (Å²) in [7, 11) is 0. The van der Waals surface area contributed by atoms with E-state index in [1.54, 1.807) is 0 Å². The highest BCUT2D eigenvalue weighted by atomic mass is 15.1. The summed E-state index contributed by atoms with van der Waals surface area (Å²) >= 11 is 0. The van der Waals surface area contributed by atoms with Gasteiger partial charge in [0.05, 0.1) is 56.5 Å². The molecule has 0 bridgehead atoms. The molecule has 0 amide bonds. The molecular weight excluding hydrogens is 681 g/mol. The standard InChI is InChI=1S/C52H38N4/c1-32-15-19-47-41(23-32)42-24-33(2)16-20-48(42)55(47)51-29-39(31-53)40(30-52(51)56-49-21-17-34(3)25-43(49)44-26-35(4)18-22-50(44)56)38-27-45(36-11-7-5-8-12-36)54-46(28-38)37-13-9-6-10-14-37/h5-30H,1-4H3. The lowest BCUT2D eigenvalue weighted by Crippen LogP contribution is -2.06. The zero-order valence-corrected chi connectivity index (χ0v) is 31.8. The zero-order chi connectivity index (χ0) is 38.1. The second kappa shape index (κ2) is 13.0. The lowest BCUT2D eigenvalue weighted by atomic mass is 9.95. The molecule has 0 saturated heterocycles. The van der Waals surface area contributed by atoms with Crippen molar-refractivity contribution >= 4 is 43.6 Å². The first-order valence-corrected chi connectivity index (χ1v) is 19.1. The molecule has 4 heteroatoms. The fourth-order valence-corrected chi connectivity index (χ4v) is 8.49. The predicted molar refractivity (Wildman–Crippen MR) is 233 cm³/mol. The van der Waals surface area contributed by atoms with Crippen molar-refractivity contribution in [2.45, 2.75) is 27.7 Å². The Balaban J connectivity index is 1.36. The number of benzene rings is 7. The molecule has 0 aliphatic heterocycles. The molecule has 10 aromatic rings. The van der Waals surface area contributed by atoms with Crippen molar-refractivity contribution in [1.29, 1.82) is 5.26 Å². The smallest absolute Gasteiger partial charge is 0.0998 e. The van der Waals surface area contributed by atoms with Crippen LogP contribution in [0.3, 0.4) is 0 Å². The van der Waals surface area contributed by atoms with Gasteiger partial charge in [0.1, 0.15) is 0 Å². The number of rotatable bonds is 5. The number of nitrogens with zero attached hydrogens (tertiary/aromatic N) is 4. The van der Waals surface area contributed by atoms with Gasteiger partial charge < -0.3 is 9.13 Å². The second-order valence-corrected chi connectivity index (χ2v) is 15.1. The van der Waals surface area contributed by atoms with Crippen LogP contribution in [0.15, 0.2) is 158 Å². The molecule has 0 aliphatic carbocycles. The monoisotopic (exact) mass is 718 g/mol. The summed E-state index contributed by atoms with van der Waals surface area (Å²) < 4.78 is 4.77. The van der Waals surface area contributed by atoms with Crippen molar-refractivity contribution in [1.82, 2.24) is 14.1 Å². The van der Waals surface area contributed by atoms with Gasteiger partial charge in [-0.15, -0.1) is 0 Å². The lowest BCUT2D eigenvalue weighted by molar-refractivity contribution is 1.09. The Labute approximate surface area is 326 Å². The molecule has 0 N–H and O–H groups in total. The van der Waals surface area contributed by atoms with Crippen LogP contribution >= 0.6 is 0 Å². The van der Waals surface area contributed by atoms with E-state index in [4.69, 9.17) is 4.98 Å². The van der Waals surface area contributed by atoms with Crippen LogP contribution in [0.5, 0.6) is 0 Å². The summed E-state index contributed by atoms with van der Waals surface area (Å²) in [6.07, 6.45) is 0. The van der Waals surface area contributed by atoms with Gasteiger partial charge >= 0.3 is 0 Å². The molecule has 3 aromatic heterocycles. The van der Waals surface area contributed by atoms with Crippen LogP contribution in [0.25, 0.3) is 88.6 Å². The van der Waals surface area contributed by atoms with Crippen molar-refractivity contribution in [3.63, 3.8) is 0 Å². The normalized spacial score (nSPS) is 11.6. The van der Waals surface area contributed by atoms with Crippen molar-refractivity contribution in [3.8, 4) is 51.1 Å². The topological polar surface area (TPSA) is 46.5 Å². The summed E-state index contributed by atoms with van der Waals surface area (Å²) in [5.41, 5.74) is 17.3. The first kappa shape index (κ1) is 33.4. The van der Waals surface area contributed by atoms with Gasteiger partial charge in [0, 0.05) is 38.2 Å². The van der Waals surface area contributed by atoms with Crippen molar-refractivity contribution in [3.05, 3.63) is 186 Å². The largest absolute Gasteiger partial charge is 0.307 e.